The summed E-state index contributed by atoms with van der Waals surface area (Å²) in [6, 6.07) is 8.59. The Labute approximate surface area is 155 Å². The van der Waals surface area contributed by atoms with Crippen LogP contribution in [0, 0.1) is 0 Å². The molecule has 0 atom stereocenters. The molecular formula is C15H10BrCl2NO3S. The van der Waals surface area contributed by atoms with Crippen molar-refractivity contribution in [3.05, 3.63) is 54.6 Å². The minimum atomic E-state index is -0.734. The number of halogens is 3. The molecule has 1 N–H and O–H groups in total. The van der Waals surface area contributed by atoms with Crippen molar-refractivity contribution in [1.29, 1.82) is 0 Å². The predicted octanol–water partition coefficient (Wildman–Crippen LogP) is 5.66. The third-order valence-corrected chi connectivity index (χ3v) is 4.76. The first-order valence-electron chi connectivity index (χ1n) is 6.18. The maximum atomic E-state index is 11.9. The molecule has 0 radical (unpaired) electrons. The number of aliphatic imine (C=N–C) groups is 1. The van der Waals surface area contributed by atoms with Crippen LogP contribution in [0.5, 0.6) is 0 Å². The number of hydrogen-bond donors (Lipinski definition) is 1. The molecule has 4 nitrogen and oxygen atoms in total. The highest BCUT2D eigenvalue weighted by molar-refractivity contribution is 9.10. The van der Waals surface area contributed by atoms with Crippen LogP contribution in [-0.4, -0.2) is 24.4 Å². The van der Waals surface area contributed by atoms with Gasteiger partial charge in [-0.1, -0.05) is 39.1 Å². The molecule has 0 fully saturated rings. The van der Waals surface area contributed by atoms with Gasteiger partial charge in [0, 0.05) is 16.3 Å². The van der Waals surface area contributed by atoms with Gasteiger partial charge in [0.25, 0.3) is 0 Å². The molecule has 0 spiro atoms. The number of hydrogen-bond acceptors (Lipinski definition) is 5. The molecule has 2 rings (SSSR count). The molecule has 0 aliphatic rings. The van der Waals surface area contributed by atoms with Crippen LogP contribution in [0.15, 0.2) is 45.4 Å². The number of carbonyl (C=O) groups is 1. The van der Waals surface area contributed by atoms with Gasteiger partial charge < -0.3 is 9.84 Å². The van der Waals surface area contributed by atoms with Crippen molar-refractivity contribution in [1.82, 2.24) is 0 Å². The second-order valence-corrected chi connectivity index (χ2v) is 7.43. The average molecular weight is 435 g/mol. The molecule has 0 aliphatic carbocycles. The fraction of sp³-hybridized carbons (Fsp3) is 0.0667. The normalized spacial score (nSPS) is 12.3. The van der Waals surface area contributed by atoms with Crippen molar-refractivity contribution >= 4 is 74.1 Å². The Bertz CT molecular complexity index is 785. The zero-order chi connectivity index (χ0) is 17.0. The lowest BCUT2D eigenvalue weighted by Crippen LogP contribution is -2.08. The second-order valence-electron chi connectivity index (χ2n) is 4.23. The van der Waals surface area contributed by atoms with E-state index in [-0.39, 0.29) is 21.2 Å². The topological polar surface area (TPSA) is 58.9 Å². The molecule has 0 saturated carbocycles. The fourth-order valence-electron chi connectivity index (χ4n) is 1.63. The number of ether oxygens (including phenoxy) is 1. The molecule has 8 heteroatoms. The Morgan fingerprint density at radius 2 is 2.00 bits per heavy atom. The van der Waals surface area contributed by atoms with E-state index in [0.717, 1.165) is 15.8 Å². The number of nitrogens with zero attached hydrogens (tertiary/aromatic N) is 1. The lowest BCUT2D eigenvalue weighted by Gasteiger charge is -2.04. The number of thiophene rings is 1. The number of esters is 1. The molecule has 2 aromatic rings. The number of carbonyl (C=O) groups excluding carboxylic acids is 1. The second kappa shape index (κ2) is 7.97. The van der Waals surface area contributed by atoms with E-state index < -0.39 is 5.97 Å². The van der Waals surface area contributed by atoms with Crippen LogP contribution >= 0.6 is 50.5 Å². The Morgan fingerprint density at radius 1 is 1.35 bits per heavy atom. The van der Waals surface area contributed by atoms with Gasteiger partial charge in [0.1, 0.15) is 15.7 Å². The van der Waals surface area contributed by atoms with Crippen LogP contribution < -0.4 is 0 Å². The molecule has 0 saturated heterocycles. The molecule has 1 aromatic carbocycles. The number of rotatable bonds is 4. The summed E-state index contributed by atoms with van der Waals surface area (Å²) in [5.41, 5.74) is 0.743. The number of aliphatic hydroxyl groups is 1. The van der Waals surface area contributed by atoms with Crippen LogP contribution in [0.4, 0.5) is 5.69 Å². The molecule has 1 aromatic heterocycles. The van der Waals surface area contributed by atoms with Crippen molar-refractivity contribution < 1.29 is 14.6 Å². The minimum Gasteiger partial charge on any atom is -0.506 e. The Kier molecular flexibility index (Phi) is 6.24. The predicted molar refractivity (Wildman–Crippen MR) is 98.2 cm³/mol. The lowest BCUT2D eigenvalue weighted by molar-refractivity contribution is -0.135. The summed E-state index contributed by atoms with van der Waals surface area (Å²) in [7, 11) is 1.21. The fourth-order valence-corrected chi connectivity index (χ4v) is 3.36. The Balaban J connectivity index is 2.44. The summed E-state index contributed by atoms with van der Waals surface area (Å²) < 4.78 is 6.25. The monoisotopic (exact) mass is 433 g/mol. The van der Waals surface area contributed by atoms with E-state index >= 15 is 0 Å². The zero-order valence-electron chi connectivity index (χ0n) is 11.7. The molecule has 0 aliphatic heterocycles. The number of aliphatic hydroxyl groups excluding tert-OH is 1. The van der Waals surface area contributed by atoms with Gasteiger partial charge >= 0.3 is 5.97 Å². The molecule has 23 heavy (non-hydrogen) atoms. The maximum Gasteiger partial charge on any atom is 0.343 e. The highest BCUT2D eigenvalue weighted by atomic mass is 79.9. The third kappa shape index (κ3) is 4.57. The summed E-state index contributed by atoms with van der Waals surface area (Å²) in [4.78, 5) is 16.1. The third-order valence-electron chi connectivity index (χ3n) is 2.74. The van der Waals surface area contributed by atoms with Gasteiger partial charge in [-0.3, -0.25) is 4.99 Å². The van der Waals surface area contributed by atoms with E-state index in [2.05, 4.69) is 25.7 Å². The van der Waals surface area contributed by atoms with E-state index in [0.29, 0.717) is 10.0 Å². The Hall–Kier alpha value is -1.34. The van der Waals surface area contributed by atoms with Gasteiger partial charge in [-0.05, 0) is 30.3 Å². The van der Waals surface area contributed by atoms with Gasteiger partial charge in [-0.25, -0.2) is 4.79 Å². The van der Waals surface area contributed by atoms with Crippen molar-refractivity contribution in [2.75, 3.05) is 7.11 Å². The highest BCUT2D eigenvalue weighted by Gasteiger charge is 2.19. The first-order chi connectivity index (χ1) is 10.9. The maximum absolute atomic E-state index is 11.9. The SMILES string of the molecule is COC(=O)/C(C=Nc1ccc(Br)cc1)=C(\O)c1cc(Cl)sc1Cl. The van der Waals surface area contributed by atoms with E-state index in [1.165, 1.54) is 19.4 Å². The summed E-state index contributed by atoms with van der Waals surface area (Å²) in [6.45, 7) is 0. The van der Waals surface area contributed by atoms with Crippen LogP contribution in [0.25, 0.3) is 5.76 Å². The first kappa shape index (κ1) is 18.0. The highest BCUT2D eigenvalue weighted by Crippen LogP contribution is 2.35. The van der Waals surface area contributed by atoms with Gasteiger partial charge in [0.2, 0.25) is 0 Å². The van der Waals surface area contributed by atoms with E-state index in [1.807, 2.05) is 12.1 Å². The van der Waals surface area contributed by atoms with Crippen LogP contribution in [0.2, 0.25) is 8.67 Å². The minimum absolute atomic E-state index is 0.119. The van der Waals surface area contributed by atoms with Crippen molar-refractivity contribution in [2.45, 2.75) is 0 Å². The molecule has 120 valence electrons. The van der Waals surface area contributed by atoms with Crippen molar-refractivity contribution in [3.63, 3.8) is 0 Å². The van der Waals surface area contributed by atoms with E-state index in [4.69, 9.17) is 23.2 Å². The van der Waals surface area contributed by atoms with Gasteiger partial charge in [-0.15, -0.1) is 11.3 Å². The smallest absolute Gasteiger partial charge is 0.343 e. The van der Waals surface area contributed by atoms with E-state index in [1.54, 1.807) is 12.1 Å². The van der Waals surface area contributed by atoms with Gasteiger partial charge in [-0.2, -0.15) is 0 Å². The van der Waals surface area contributed by atoms with Gasteiger partial charge in [0.15, 0.2) is 0 Å². The summed E-state index contributed by atoms with van der Waals surface area (Å²) in [5.74, 6) is -1.08. The molecule has 1 heterocycles. The summed E-state index contributed by atoms with van der Waals surface area (Å²) in [6.07, 6.45) is 1.23. The van der Waals surface area contributed by atoms with Crippen LogP contribution in [0.1, 0.15) is 5.56 Å². The van der Waals surface area contributed by atoms with Crippen LogP contribution in [-0.2, 0) is 9.53 Å². The molecular weight excluding hydrogens is 425 g/mol. The van der Waals surface area contributed by atoms with E-state index in [9.17, 15) is 9.90 Å². The Morgan fingerprint density at radius 3 is 2.52 bits per heavy atom. The lowest BCUT2D eigenvalue weighted by atomic mass is 10.1. The number of methoxy groups -OCH3 is 1. The quantitative estimate of drug-likeness (QED) is 0.292. The zero-order valence-corrected chi connectivity index (χ0v) is 15.6. The molecule has 0 unspecified atom stereocenters. The van der Waals surface area contributed by atoms with Crippen molar-refractivity contribution in [2.24, 2.45) is 4.99 Å². The van der Waals surface area contributed by atoms with Crippen LogP contribution in [0.3, 0.4) is 0 Å². The number of benzene rings is 1. The first-order valence-corrected chi connectivity index (χ1v) is 8.55. The average Bonchev–Trinajstić information content (AvgIpc) is 2.87. The van der Waals surface area contributed by atoms with Gasteiger partial charge in [0.05, 0.1) is 17.1 Å². The molecule has 0 amide bonds. The molecule has 0 bridgehead atoms. The largest absolute Gasteiger partial charge is 0.506 e. The van der Waals surface area contributed by atoms with Crippen molar-refractivity contribution in [3.8, 4) is 0 Å². The summed E-state index contributed by atoms with van der Waals surface area (Å²) >= 11 is 16.3. The summed E-state index contributed by atoms with van der Waals surface area (Å²) in [5, 5.41) is 10.3. The standard InChI is InChI=1S/C15H10BrCl2NO3S/c1-22-15(21)11(7-19-9-4-2-8(16)3-5-9)13(20)10-6-12(17)23-14(10)18/h2-7,20H,1H3/b13-11-,19-7?.